The predicted molar refractivity (Wildman–Crippen MR) is 101 cm³/mol. The van der Waals surface area contributed by atoms with Crippen LogP contribution in [0.5, 0.6) is 5.75 Å². The van der Waals surface area contributed by atoms with Gasteiger partial charge >= 0.3 is 0 Å². The number of benzene rings is 2. The molecule has 0 aliphatic heterocycles. The van der Waals surface area contributed by atoms with Gasteiger partial charge in [0.15, 0.2) is 6.61 Å². The molecule has 0 N–H and O–H groups in total. The lowest BCUT2D eigenvalue weighted by molar-refractivity contribution is -0.134. The summed E-state index contributed by atoms with van der Waals surface area (Å²) in [5.41, 5.74) is 0.241. The minimum absolute atomic E-state index is 0.00494. The average Bonchev–Trinajstić information content (AvgIpc) is 3.16. The molecule has 3 rings (SSSR count). The van der Waals surface area contributed by atoms with E-state index >= 15 is 0 Å². The van der Waals surface area contributed by atoms with Crippen molar-refractivity contribution in [2.24, 2.45) is 0 Å². The van der Waals surface area contributed by atoms with Gasteiger partial charge in [-0.1, -0.05) is 29.3 Å². The molecule has 7 heteroatoms. The first-order valence-electron chi connectivity index (χ1n) is 8.14. The quantitative estimate of drug-likeness (QED) is 0.531. The van der Waals surface area contributed by atoms with E-state index in [0.29, 0.717) is 16.5 Å². The first kappa shape index (κ1) is 19.3. The van der Waals surface area contributed by atoms with E-state index in [4.69, 9.17) is 32.4 Å². The van der Waals surface area contributed by atoms with Crippen LogP contribution in [0, 0.1) is 5.82 Å². The van der Waals surface area contributed by atoms with Gasteiger partial charge in [-0.15, -0.1) is 0 Å². The highest BCUT2D eigenvalue weighted by atomic mass is 35.5. The minimum atomic E-state index is -0.474. The zero-order valence-corrected chi connectivity index (χ0v) is 15.7. The molecule has 0 radical (unpaired) electrons. The normalized spacial score (nSPS) is 10.6. The van der Waals surface area contributed by atoms with Crippen molar-refractivity contribution in [2.45, 2.75) is 13.1 Å². The summed E-state index contributed by atoms with van der Waals surface area (Å²) in [7, 11) is 0. The van der Waals surface area contributed by atoms with Crippen LogP contribution >= 0.6 is 23.2 Å². The summed E-state index contributed by atoms with van der Waals surface area (Å²) in [6, 6.07) is 14.5. The van der Waals surface area contributed by atoms with Gasteiger partial charge in [-0.3, -0.25) is 4.79 Å². The van der Waals surface area contributed by atoms with Crippen molar-refractivity contribution in [3.8, 4) is 5.75 Å². The lowest BCUT2D eigenvalue weighted by atomic mass is 10.2. The van der Waals surface area contributed by atoms with Crippen LogP contribution in [-0.4, -0.2) is 17.4 Å². The van der Waals surface area contributed by atoms with E-state index in [9.17, 15) is 9.18 Å². The van der Waals surface area contributed by atoms with Crippen molar-refractivity contribution >= 4 is 29.1 Å². The Morgan fingerprint density at radius 2 is 1.81 bits per heavy atom. The maximum Gasteiger partial charge on any atom is 0.261 e. The van der Waals surface area contributed by atoms with E-state index in [2.05, 4.69) is 0 Å². The number of hydrogen-bond acceptors (Lipinski definition) is 3. The second kappa shape index (κ2) is 8.93. The largest absolute Gasteiger partial charge is 0.484 e. The highest BCUT2D eigenvalue weighted by Crippen LogP contribution is 2.22. The molecule has 1 amide bonds. The summed E-state index contributed by atoms with van der Waals surface area (Å²) >= 11 is 11.9. The summed E-state index contributed by atoms with van der Waals surface area (Å²) < 4.78 is 25.0. The predicted octanol–water partition coefficient (Wildman–Crippen LogP) is 5.33. The van der Waals surface area contributed by atoms with Crippen molar-refractivity contribution in [2.75, 3.05) is 6.61 Å². The number of hydrogen-bond donors (Lipinski definition) is 0. The monoisotopic (exact) mass is 407 g/mol. The Morgan fingerprint density at radius 3 is 2.48 bits per heavy atom. The van der Waals surface area contributed by atoms with Crippen molar-refractivity contribution in [3.63, 3.8) is 0 Å². The van der Waals surface area contributed by atoms with Gasteiger partial charge < -0.3 is 14.1 Å². The highest BCUT2D eigenvalue weighted by Gasteiger charge is 2.20. The van der Waals surface area contributed by atoms with Crippen LogP contribution in [0.2, 0.25) is 10.0 Å². The van der Waals surface area contributed by atoms with Crippen LogP contribution in [0.15, 0.2) is 65.3 Å². The van der Waals surface area contributed by atoms with Gasteiger partial charge in [-0.05, 0) is 48.5 Å². The van der Waals surface area contributed by atoms with Crippen molar-refractivity contribution in [1.29, 1.82) is 0 Å². The van der Waals surface area contributed by atoms with Crippen LogP contribution in [0.3, 0.4) is 0 Å². The number of nitrogens with zero attached hydrogens (tertiary/aromatic N) is 1. The van der Waals surface area contributed by atoms with Gasteiger partial charge in [0.05, 0.1) is 19.4 Å². The number of ether oxygens (including phenoxy) is 1. The third-order valence-corrected chi connectivity index (χ3v) is 4.47. The second-order valence-electron chi connectivity index (χ2n) is 5.77. The van der Waals surface area contributed by atoms with Gasteiger partial charge in [0.1, 0.15) is 17.3 Å². The molecule has 0 unspecified atom stereocenters. The fourth-order valence-corrected chi connectivity index (χ4v) is 2.81. The maximum absolute atomic E-state index is 14.2. The zero-order valence-electron chi connectivity index (χ0n) is 14.2. The molecule has 0 saturated heterocycles. The number of amides is 1. The molecule has 1 aromatic heterocycles. The lowest BCUT2D eigenvalue weighted by Gasteiger charge is -2.23. The molecule has 0 atom stereocenters. The molecule has 4 nitrogen and oxygen atoms in total. The third-order valence-electron chi connectivity index (χ3n) is 3.87. The van der Waals surface area contributed by atoms with Crippen molar-refractivity contribution in [1.82, 2.24) is 4.90 Å². The fraction of sp³-hybridized carbons (Fsp3) is 0.150. The molecule has 0 fully saturated rings. The number of furan rings is 1. The van der Waals surface area contributed by atoms with Crippen LogP contribution in [-0.2, 0) is 17.9 Å². The van der Waals surface area contributed by atoms with E-state index in [0.717, 1.165) is 0 Å². The van der Waals surface area contributed by atoms with E-state index in [1.54, 1.807) is 42.5 Å². The summed E-state index contributed by atoms with van der Waals surface area (Å²) in [4.78, 5) is 14.1. The summed E-state index contributed by atoms with van der Waals surface area (Å²) in [5.74, 6) is 0.274. The number of rotatable bonds is 7. The van der Waals surface area contributed by atoms with Crippen LogP contribution < -0.4 is 4.74 Å². The smallest absolute Gasteiger partial charge is 0.261 e. The summed E-state index contributed by atoms with van der Waals surface area (Å²) in [5, 5.41) is 0.827. The standard InChI is InChI=1S/C20H16Cl2FNO3/c21-14-6-8-15(9-7-14)27-13-20(25)24(11-16-3-2-10-26-16)12-17-18(22)4-1-5-19(17)23/h1-10H,11-13H2. The van der Waals surface area contributed by atoms with E-state index in [1.165, 1.54) is 23.3 Å². The van der Waals surface area contributed by atoms with Gasteiger partial charge in [0.25, 0.3) is 5.91 Å². The van der Waals surface area contributed by atoms with Crippen LogP contribution in [0.1, 0.15) is 11.3 Å². The molecule has 0 bridgehead atoms. The molecule has 3 aromatic rings. The molecule has 2 aromatic carbocycles. The molecule has 0 aliphatic rings. The molecular formula is C20H16Cl2FNO3. The Balaban J connectivity index is 1.74. The van der Waals surface area contributed by atoms with Crippen LogP contribution in [0.4, 0.5) is 4.39 Å². The first-order valence-corrected chi connectivity index (χ1v) is 8.90. The molecule has 1 heterocycles. The van der Waals surface area contributed by atoms with Gasteiger partial charge in [-0.25, -0.2) is 4.39 Å². The second-order valence-corrected chi connectivity index (χ2v) is 6.62. The molecular weight excluding hydrogens is 392 g/mol. The SMILES string of the molecule is O=C(COc1ccc(Cl)cc1)N(Cc1ccco1)Cc1c(F)cccc1Cl. The van der Waals surface area contributed by atoms with Crippen molar-refractivity contribution < 1.29 is 18.3 Å². The average molecular weight is 408 g/mol. The highest BCUT2D eigenvalue weighted by molar-refractivity contribution is 6.31. The summed E-state index contributed by atoms with van der Waals surface area (Å²) in [6.07, 6.45) is 1.51. The molecule has 140 valence electrons. The van der Waals surface area contributed by atoms with Gasteiger partial charge in [0.2, 0.25) is 0 Å². The Bertz CT molecular complexity index is 878. The van der Waals surface area contributed by atoms with E-state index in [-0.39, 0.29) is 36.2 Å². The maximum atomic E-state index is 14.2. The fourth-order valence-electron chi connectivity index (χ4n) is 2.46. The van der Waals surface area contributed by atoms with Gasteiger partial charge in [0, 0.05) is 15.6 Å². The number of halogens is 3. The van der Waals surface area contributed by atoms with E-state index < -0.39 is 5.82 Å². The summed E-state index contributed by atoms with van der Waals surface area (Å²) in [6.45, 7) is -0.0517. The Morgan fingerprint density at radius 1 is 1.04 bits per heavy atom. The van der Waals surface area contributed by atoms with Gasteiger partial charge in [-0.2, -0.15) is 0 Å². The Hall–Kier alpha value is -2.50. The first-order chi connectivity index (χ1) is 13.0. The Labute approximate surface area is 166 Å². The molecule has 0 aliphatic carbocycles. The topological polar surface area (TPSA) is 42.7 Å². The number of carbonyl (C=O) groups is 1. The van der Waals surface area contributed by atoms with Crippen LogP contribution in [0.25, 0.3) is 0 Å². The third kappa shape index (κ3) is 5.25. The Kier molecular flexibility index (Phi) is 6.37. The zero-order chi connectivity index (χ0) is 19.2. The van der Waals surface area contributed by atoms with E-state index in [1.807, 2.05) is 0 Å². The molecule has 27 heavy (non-hydrogen) atoms. The molecule has 0 saturated carbocycles. The number of carbonyl (C=O) groups excluding carboxylic acids is 1. The molecule has 0 spiro atoms. The van der Waals surface area contributed by atoms with Crippen molar-refractivity contribution in [3.05, 3.63) is 88.0 Å². The lowest BCUT2D eigenvalue weighted by Crippen LogP contribution is -2.34. The minimum Gasteiger partial charge on any atom is -0.484 e.